The van der Waals surface area contributed by atoms with Crippen LogP contribution in [0.1, 0.15) is 30.1 Å². The quantitative estimate of drug-likeness (QED) is 0.396. The number of piperazine rings is 1. The van der Waals surface area contributed by atoms with Crippen LogP contribution in [-0.2, 0) is 13.1 Å². The lowest BCUT2D eigenvalue weighted by molar-refractivity contribution is 0.169. The van der Waals surface area contributed by atoms with Gasteiger partial charge in [0.2, 0.25) is 5.89 Å². The minimum absolute atomic E-state index is 0. The summed E-state index contributed by atoms with van der Waals surface area (Å²) in [6, 6.07) is 1.99. The van der Waals surface area contributed by atoms with Crippen LogP contribution < -0.4 is 5.32 Å². The molecule has 26 heavy (non-hydrogen) atoms. The van der Waals surface area contributed by atoms with Gasteiger partial charge in [0.05, 0.1) is 5.69 Å². The van der Waals surface area contributed by atoms with Gasteiger partial charge in [-0.05, 0) is 13.8 Å². The summed E-state index contributed by atoms with van der Waals surface area (Å²) in [5.41, 5.74) is 0.985. The van der Waals surface area contributed by atoms with E-state index in [1.807, 2.05) is 13.0 Å². The van der Waals surface area contributed by atoms with Crippen molar-refractivity contribution in [3.05, 3.63) is 29.2 Å². The van der Waals surface area contributed by atoms with E-state index in [9.17, 15) is 0 Å². The number of guanidine groups is 1. The Morgan fingerprint density at radius 3 is 2.54 bits per heavy atom. The normalized spacial score (nSPS) is 15.8. The number of nitrogens with zero attached hydrogens (tertiary/aromatic N) is 6. The first-order valence-corrected chi connectivity index (χ1v) is 8.61. The number of halogens is 1. The number of aryl methyl sites for hydroxylation is 2. The first-order chi connectivity index (χ1) is 12.1. The summed E-state index contributed by atoms with van der Waals surface area (Å²) >= 11 is 0. The predicted molar refractivity (Wildman–Crippen MR) is 107 cm³/mol. The predicted octanol–water partition coefficient (Wildman–Crippen LogP) is 1.58. The zero-order valence-electron chi connectivity index (χ0n) is 15.4. The number of aliphatic imine (C=N–C) groups is 1. The number of hydrogen-bond acceptors (Lipinski definition) is 7. The Kier molecular flexibility index (Phi) is 7.82. The van der Waals surface area contributed by atoms with E-state index in [0.717, 1.165) is 56.7 Å². The second-order valence-corrected chi connectivity index (χ2v) is 6.09. The molecular weight excluding hydrogens is 449 g/mol. The number of aromatic nitrogens is 3. The Morgan fingerprint density at radius 2 is 1.96 bits per heavy atom. The van der Waals surface area contributed by atoms with Crippen LogP contribution in [0.25, 0.3) is 0 Å². The van der Waals surface area contributed by atoms with Gasteiger partial charge in [-0.15, -0.1) is 24.0 Å². The van der Waals surface area contributed by atoms with Crippen LogP contribution in [0.2, 0.25) is 0 Å². The summed E-state index contributed by atoms with van der Waals surface area (Å²) in [5, 5.41) is 11.3. The molecule has 0 aromatic carbocycles. The van der Waals surface area contributed by atoms with E-state index in [1.165, 1.54) is 0 Å². The average Bonchev–Trinajstić information content (AvgIpc) is 3.20. The van der Waals surface area contributed by atoms with Gasteiger partial charge in [0.15, 0.2) is 11.8 Å². The minimum Gasteiger partial charge on any atom is -0.361 e. The van der Waals surface area contributed by atoms with Crippen LogP contribution in [0.4, 0.5) is 0 Å². The monoisotopic (exact) mass is 475 g/mol. The van der Waals surface area contributed by atoms with E-state index in [4.69, 9.17) is 9.05 Å². The van der Waals surface area contributed by atoms with Gasteiger partial charge in [-0.3, -0.25) is 4.90 Å². The molecule has 0 spiro atoms. The van der Waals surface area contributed by atoms with Crippen molar-refractivity contribution in [2.24, 2.45) is 4.99 Å². The van der Waals surface area contributed by atoms with Crippen molar-refractivity contribution >= 4 is 29.9 Å². The number of rotatable bonds is 5. The third kappa shape index (κ3) is 5.66. The van der Waals surface area contributed by atoms with Gasteiger partial charge in [-0.2, -0.15) is 4.98 Å². The fourth-order valence-corrected chi connectivity index (χ4v) is 2.82. The van der Waals surface area contributed by atoms with E-state index in [2.05, 4.69) is 42.3 Å². The largest absolute Gasteiger partial charge is 0.361 e. The summed E-state index contributed by atoms with van der Waals surface area (Å²) in [6.45, 7) is 11.6. The molecule has 0 radical (unpaired) electrons. The van der Waals surface area contributed by atoms with E-state index in [-0.39, 0.29) is 24.0 Å². The summed E-state index contributed by atoms with van der Waals surface area (Å²) < 4.78 is 10.1. The first-order valence-electron chi connectivity index (χ1n) is 8.61. The molecule has 1 fully saturated rings. The second-order valence-electron chi connectivity index (χ2n) is 6.09. The molecule has 3 heterocycles. The van der Waals surface area contributed by atoms with Crippen molar-refractivity contribution in [1.82, 2.24) is 30.4 Å². The molecule has 144 valence electrons. The maximum absolute atomic E-state index is 5.14. The fraction of sp³-hybridized carbons (Fsp3) is 0.625. The standard InChI is InChI=1S/C16H25N7O2.HI/c1-4-17-16(18-10-15-19-13(3)25-21-15)23-7-5-22(6-8-23)11-14-9-12(2)24-20-14;/h9H,4-8,10-11H2,1-3H3,(H,17,18);1H. The highest BCUT2D eigenvalue weighted by Crippen LogP contribution is 2.09. The van der Waals surface area contributed by atoms with Crippen molar-refractivity contribution < 1.29 is 9.05 Å². The van der Waals surface area contributed by atoms with Crippen LogP contribution in [0, 0.1) is 13.8 Å². The molecule has 1 aliphatic rings. The van der Waals surface area contributed by atoms with Crippen LogP contribution >= 0.6 is 24.0 Å². The van der Waals surface area contributed by atoms with Gasteiger partial charge >= 0.3 is 0 Å². The van der Waals surface area contributed by atoms with E-state index in [1.54, 1.807) is 6.92 Å². The van der Waals surface area contributed by atoms with Gasteiger partial charge in [0, 0.05) is 52.3 Å². The Bertz CT molecular complexity index is 707. The Hall–Kier alpha value is -1.69. The third-order valence-corrected chi connectivity index (χ3v) is 4.01. The summed E-state index contributed by atoms with van der Waals surface area (Å²) in [5.74, 6) is 2.91. The first kappa shape index (κ1) is 20.6. The maximum Gasteiger partial charge on any atom is 0.223 e. The number of nitrogens with one attached hydrogen (secondary N) is 1. The van der Waals surface area contributed by atoms with Gasteiger partial charge in [0.1, 0.15) is 12.3 Å². The molecule has 2 aromatic heterocycles. The van der Waals surface area contributed by atoms with Crippen LogP contribution in [0.5, 0.6) is 0 Å². The van der Waals surface area contributed by atoms with Crippen molar-refractivity contribution in [2.45, 2.75) is 33.9 Å². The average molecular weight is 475 g/mol. The van der Waals surface area contributed by atoms with E-state index < -0.39 is 0 Å². The Morgan fingerprint density at radius 1 is 1.19 bits per heavy atom. The van der Waals surface area contributed by atoms with Crippen molar-refractivity contribution in [1.29, 1.82) is 0 Å². The Labute approximate surface area is 170 Å². The lowest BCUT2D eigenvalue weighted by atomic mass is 10.3. The molecule has 0 saturated carbocycles. The highest BCUT2D eigenvalue weighted by atomic mass is 127. The molecule has 0 unspecified atom stereocenters. The molecule has 9 nitrogen and oxygen atoms in total. The molecule has 1 N–H and O–H groups in total. The summed E-state index contributed by atoms with van der Waals surface area (Å²) in [7, 11) is 0. The summed E-state index contributed by atoms with van der Waals surface area (Å²) in [4.78, 5) is 13.5. The van der Waals surface area contributed by atoms with Gasteiger partial charge in [-0.25, -0.2) is 4.99 Å². The SMILES string of the molecule is CCNC(=NCc1noc(C)n1)N1CCN(Cc2cc(C)on2)CC1.I. The smallest absolute Gasteiger partial charge is 0.223 e. The molecule has 1 saturated heterocycles. The zero-order chi connectivity index (χ0) is 17.6. The maximum atomic E-state index is 5.14. The van der Waals surface area contributed by atoms with Crippen molar-refractivity contribution in [3.63, 3.8) is 0 Å². The van der Waals surface area contributed by atoms with Crippen LogP contribution in [-0.4, -0.2) is 63.8 Å². The lowest BCUT2D eigenvalue weighted by Gasteiger charge is -2.36. The topological polar surface area (TPSA) is 95.8 Å². The highest BCUT2D eigenvalue weighted by Gasteiger charge is 2.20. The molecule has 10 heteroatoms. The zero-order valence-corrected chi connectivity index (χ0v) is 17.8. The number of hydrogen-bond donors (Lipinski definition) is 1. The molecule has 0 amide bonds. The van der Waals surface area contributed by atoms with Crippen molar-refractivity contribution in [2.75, 3.05) is 32.7 Å². The van der Waals surface area contributed by atoms with Gasteiger partial charge < -0.3 is 19.3 Å². The minimum atomic E-state index is 0. The van der Waals surface area contributed by atoms with Gasteiger partial charge in [0.25, 0.3) is 0 Å². The highest BCUT2D eigenvalue weighted by molar-refractivity contribution is 14.0. The molecule has 2 aromatic rings. The van der Waals surface area contributed by atoms with Crippen LogP contribution in [0.3, 0.4) is 0 Å². The Balaban J connectivity index is 0.00000243. The molecule has 3 rings (SSSR count). The van der Waals surface area contributed by atoms with Crippen LogP contribution in [0.15, 0.2) is 20.1 Å². The molecule has 0 atom stereocenters. The molecular formula is C16H26IN7O2. The van der Waals surface area contributed by atoms with E-state index in [0.29, 0.717) is 18.3 Å². The van der Waals surface area contributed by atoms with Gasteiger partial charge in [-0.1, -0.05) is 10.3 Å². The summed E-state index contributed by atoms with van der Waals surface area (Å²) in [6.07, 6.45) is 0. The molecule has 0 aliphatic carbocycles. The van der Waals surface area contributed by atoms with Crippen molar-refractivity contribution in [3.8, 4) is 0 Å². The third-order valence-electron chi connectivity index (χ3n) is 4.01. The second kappa shape index (κ2) is 9.86. The molecule has 1 aliphatic heterocycles. The van der Waals surface area contributed by atoms with E-state index >= 15 is 0 Å². The lowest BCUT2D eigenvalue weighted by Crippen LogP contribution is -2.52. The fourth-order valence-electron chi connectivity index (χ4n) is 2.82. The molecule has 0 bridgehead atoms.